The molecule has 2 N–H and O–H groups in total. The van der Waals surface area contributed by atoms with Crippen LogP contribution in [0.4, 0.5) is 13.2 Å². The molecular weight excluding hydrogens is 496 g/mol. The maximum Gasteiger partial charge on any atom is 0.433 e. The first kappa shape index (κ1) is 28.0. The lowest BCUT2D eigenvalue weighted by Crippen LogP contribution is -2.41. The number of carbonyl (C=O) groups excluding carboxylic acids is 1. The number of ether oxygens (including phenoxy) is 3. The summed E-state index contributed by atoms with van der Waals surface area (Å²) < 4.78 is 56.7. The minimum Gasteiger partial charge on any atom is -0.489 e. The fourth-order valence-electron chi connectivity index (χ4n) is 4.08. The molecule has 1 aliphatic heterocycles. The molecular formula is C25H33F3N2O5P+. The molecule has 11 heteroatoms. The molecule has 2 unspecified atom stereocenters. The van der Waals surface area contributed by atoms with Gasteiger partial charge in [0.05, 0.1) is 7.11 Å². The third-order valence-corrected chi connectivity index (χ3v) is 6.13. The molecule has 0 saturated carbocycles. The zero-order valence-corrected chi connectivity index (χ0v) is 22.0. The number of allylic oxidation sites excluding steroid dienone is 2. The largest absolute Gasteiger partial charge is 0.489 e. The lowest BCUT2D eigenvalue weighted by Gasteiger charge is -2.26. The Morgan fingerprint density at radius 1 is 1.28 bits per heavy atom. The van der Waals surface area contributed by atoms with Gasteiger partial charge in [-0.3, -0.25) is 0 Å². The molecule has 2 aliphatic rings. The van der Waals surface area contributed by atoms with Crippen molar-refractivity contribution in [3.05, 3.63) is 52.7 Å². The summed E-state index contributed by atoms with van der Waals surface area (Å²) in [4.78, 5) is 12.7. The first-order chi connectivity index (χ1) is 16.8. The molecule has 0 aromatic heterocycles. The third-order valence-electron chi connectivity index (χ3n) is 5.68. The number of carbonyl (C=O) groups is 1. The Morgan fingerprint density at radius 3 is 2.64 bits per heavy atom. The first-order valence-electron chi connectivity index (χ1n) is 11.6. The number of methoxy groups -OCH3 is 1. The third kappa shape index (κ3) is 7.23. The second-order valence-electron chi connectivity index (χ2n) is 9.65. The van der Waals surface area contributed by atoms with Crippen LogP contribution in [-0.2, 0) is 20.7 Å². The second kappa shape index (κ2) is 11.2. The van der Waals surface area contributed by atoms with Crippen LogP contribution in [0.15, 0.2) is 41.6 Å². The SMILES string of the molecule is COC(=O)[C@H]1c2ccc(OCC3=CCCC(NC(O)C(F)(F)F)=C3)cc2CC[N+]1=C(P)OC(C)(C)C. The number of aliphatic hydroxyl groups excluding tert-OH is 1. The standard InChI is InChI=1S/C25H33F3N2O5P/c1-24(2,3)35-23(36)30-11-10-16-13-18(8-9-19(16)20(30)21(31)33-4)34-14-15-6-5-7-17(12-15)29-22(32)25(26,27)28/h6,8-9,12-13,20,22,29,32H,5,7,10-11,14,36H2,1-4H3/q+1/t20-,22?/m1/s1. The minimum absolute atomic E-state index is 0.154. The number of hydrogen-bond acceptors (Lipinski definition) is 6. The fourth-order valence-corrected chi connectivity index (χ4v) is 4.71. The van der Waals surface area contributed by atoms with E-state index in [-0.39, 0.29) is 6.61 Å². The van der Waals surface area contributed by atoms with E-state index >= 15 is 0 Å². The van der Waals surface area contributed by atoms with Gasteiger partial charge in [-0.15, -0.1) is 0 Å². The number of fused-ring (bicyclic) bond motifs is 1. The van der Waals surface area contributed by atoms with E-state index in [9.17, 15) is 23.1 Å². The number of rotatable bonds is 6. The Bertz CT molecular complexity index is 1080. The highest BCUT2D eigenvalue weighted by Crippen LogP contribution is 2.32. The molecule has 1 heterocycles. The van der Waals surface area contributed by atoms with Gasteiger partial charge in [-0.25, -0.2) is 4.79 Å². The van der Waals surface area contributed by atoms with Gasteiger partial charge in [0.1, 0.15) is 18.0 Å². The molecule has 0 bridgehead atoms. The molecule has 3 rings (SSSR count). The van der Waals surface area contributed by atoms with Gasteiger partial charge in [0.25, 0.3) is 6.04 Å². The van der Waals surface area contributed by atoms with Crippen molar-refractivity contribution in [3.63, 3.8) is 0 Å². The predicted molar refractivity (Wildman–Crippen MR) is 132 cm³/mol. The van der Waals surface area contributed by atoms with E-state index in [4.69, 9.17) is 14.2 Å². The van der Waals surface area contributed by atoms with Gasteiger partial charge < -0.3 is 24.6 Å². The summed E-state index contributed by atoms with van der Waals surface area (Å²) in [6.07, 6.45) is -2.35. The number of benzene rings is 1. The Labute approximate surface area is 211 Å². The van der Waals surface area contributed by atoms with Crippen molar-refractivity contribution in [1.29, 1.82) is 0 Å². The van der Waals surface area contributed by atoms with Crippen molar-refractivity contribution in [2.75, 3.05) is 20.3 Å². The van der Waals surface area contributed by atoms with Crippen molar-refractivity contribution < 1.29 is 41.9 Å². The molecule has 3 atom stereocenters. The molecule has 36 heavy (non-hydrogen) atoms. The van der Waals surface area contributed by atoms with Crippen LogP contribution in [-0.4, -0.2) is 59.6 Å². The monoisotopic (exact) mass is 529 g/mol. The van der Waals surface area contributed by atoms with Gasteiger partial charge in [0.2, 0.25) is 6.23 Å². The fraction of sp³-hybridized carbons (Fsp3) is 0.520. The van der Waals surface area contributed by atoms with Crippen molar-refractivity contribution in [2.24, 2.45) is 0 Å². The number of esters is 1. The van der Waals surface area contributed by atoms with Gasteiger partial charge in [0, 0.05) is 26.9 Å². The van der Waals surface area contributed by atoms with Crippen LogP contribution in [0.2, 0.25) is 0 Å². The van der Waals surface area contributed by atoms with Crippen LogP contribution < -0.4 is 10.1 Å². The summed E-state index contributed by atoms with van der Waals surface area (Å²) in [7, 11) is 3.91. The predicted octanol–water partition coefficient (Wildman–Crippen LogP) is 3.97. The Morgan fingerprint density at radius 2 is 2.00 bits per heavy atom. The summed E-state index contributed by atoms with van der Waals surface area (Å²) in [5.41, 5.74) is 2.86. The summed E-state index contributed by atoms with van der Waals surface area (Å²) in [6.45, 7) is 6.48. The topological polar surface area (TPSA) is 80.0 Å². The lowest BCUT2D eigenvalue weighted by atomic mass is 9.93. The van der Waals surface area contributed by atoms with Gasteiger partial charge >= 0.3 is 17.8 Å². The molecule has 0 amide bonds. The number of nitrogens with one attached hydrogen (secondary N) is 1. The van der Waals surface area contributed by atoms with Crippen LogP contribution in [0.25, 0.3) is 0 Å². The zero-order valence-electron chi connectivity index (χ0n) is 20.8. The highest BCUT2D eigenvalue weighted by molar-refractivity contribution is 7.39. The maximum absolute atomic E-state index is 12.7. The second-order valence-corrected chi connectivity index (χ2v) is 10.1. The quantitative estimate of drug-likeness (QED) is 0.191. The van der Waals surface area contributed by atoms with Gasteiger partial charge in [0.15, 0.2) is 6.54 Å². The smallest absolute Gasteiger partial charge is 0.433 e. The molecule has 198 valence electrons. The summed E-state index contributed by atoms with van der Waals surface area (Å²) in [5, 5.41) is 11.4. The highest BCUT2D eigenvalue weighted by atomic mass is 31.0. The van der Waals surface area contributed by atoms with Crippen molar-refractivity contribution in [2.45, 2.75) is 64.1 Å². The van der Waals surface area contributed by atoms with Crippen molar-refractivity contribution >= 4 is 20.8 Å². The van der Waals surface area contributed by atoms with E-state index < -0.39 is 30.0 Å². The average Bonchev–Trinajstić information content (AvgIpc) is 2.79. The molecule has 1 aromatic carbocycles. The first-order valence-corrected chi connectivity index (χ1v) is 12.2. The normalized spacial score (nSPS) is 20.4. The van der Waals surface area contributed by atoms with Crippen LogP contribution in [0.5, 0.6) is 5.75 Å². The highest BCUT2D eigenvalue weighted by Gasteiger charge is 2.41. The summed E-state index contributed by atoms with van der Waals surface area (Å²) >= 11 is 0. The summed E-state index contributed by atoms with van der Waals surface area (Å²) in [6, 6.07) is 4.78. The van der Waals surface area contributed by atoms with E-state index in [2.05, 4.69) is 14.6 Å². The van der Waals surface area contributed by atoms with E-state index in [1.54, 1.807) is 12.1 Å². The van der Waals surface area contributed by atoms with Gasteiger partial charge in [-0.1, -0.05) is 6.08 Å². The van der Waals surface area contributed by atoms with E-state index in [0.29, 0.717) is 48.5 Å². The molecule has 7 nitrogen and oxygen atoms in total. The molecule has 0 radical (unpaired) electrons. The molecule has 1 aromatic rings. The number of nitrogens with zero attached hydrogens (tertiary/aromatic N) is 1. The summed E-state index contributed by atoms with van der Waals surface area (Å²) in [5.74, 6) is 0.178. The molecule has 0 spiro atoms. The lowest BCUT2D eigenvalue weighted by molar-refractivity contribution is -0.570. The minimum atomic E-state index is -4.74. The number of hydrogen-bond donors (Lipinski definition) is 2. The Hall–Kier alpha value is -2.58. The van der Waals surface area contributed by atoms with E-state index in [0.717, 1.165) is 11.1 Å². The number of aliphatic hydroxyl groups is 1. The van der Waals surface area contributed by atoms with Crippen molar-refractivity contribution in [3.8, 4) is 5.75 Å². The average molecular weight is 530 g/mol. The van der Waals surface area contributed by atoms with Gasteiger partial charge in [-0.2, -0.15) is 17.7 Å². The Balaban J connectivity index is 1.75. The zero-order chi connectivity index (χ0) is 26.7. The maximum atomic E-state index is 12.7. The molecule has 0 saturated heterocycles. The van der Waals surface area contributed by atoms with Crippen LogP contribution in [0, 0.1) is 0 Å². The van der Waals surface area contributed by atoms with Gasteiger partial charge in [-0.05, 0) is 69.0 Å². The number of alkyl halides is 3. The van der Waals surface area contributed by atoms with E-state index in [1.807, 2.05) is 43.6 Å². The van der Waals surface area contributed by atoms with Crippen LogP contribution in [0.1, 0.15) is 50.8 Å². The van der Waals surface area contributed by atoms with E-state index in [1.165, 1.54) is 7.11 Å². The Kier molecular flexibility index (Phi) is 8.72. The number of halogens is 3. The molecule has 1 aliphatic carbocycles. The molecule has 0 fully saturated rings. The van der Waals surface area contributed by atoms with Crippen LogP contribution >= 0.6 is 9.24 Å². The van der Waals surface area contributed by atoms with Crippen LogP contribution in [0.3, 0.4) is 0 Å². The van der Waals surface area contributed by atoms with Crippen molar-refractivity contribution in [1.82, 2.24) is 5.32 Å².